The number of aromatic nitrogens is 2. The Morgan fingerprint density at radius 1 is 1.37 bits per heavy atom. The van der Waals surface area contributed by atoms with E-state index < -0.39 is 0 Å². The molecular formula is C13H22N4O2. The van der Waals surface area contributed by atoms with Crippen molar-refractivity contribution in [1.29, 1.82) is 0 Å². The summed E-state index contributed by atoms with van der Waals surface area (Å²) in [6, 6.07) is 1.49. The lowest BCUT2D eigenvalue weighted by Gasteiger charge is -2.36. The molecule has 0 radical (unpaired) electrons. The molecule has 2 aliphatic rings. The second-order valence-corrected chi connectivity index (χ2v) is 5.61. The number of morpholine rings is 1. The number of nitrogens with zero attached hydrogens (tertiary/aromatic N) is 3. The second kappa shape index (κ2) is 5.46. The molecule has 1 aliphatic carbocycles. The summed E-state index contributed by atoms with van der Waals surface area (Å²) in [6.07, 6.45) is 3.88. The summed E-state index contributed by atoms with van der Waals surface area (Å²) in [6.45, 7) is 6.43. The standard InChI is InChI=1S/C13H22N4O2/c1-9(2)14-8-12-15-16-13(19-12)17-6-7-18-11-5-3-4-10(11)17/h9-11,14H,3-8H2,1-2H3. The van der Waals surface area contributed by atoms with Crippen molar-refractivity contribution in [1.82, 2.24) is 15.5 Å². The molecule has 0 amide bonds. The van der Waals surface area contributed by atoms with Gasteiger partial charge in [-0.05, 0) is 19.3 Å². The molecule has 2 fully saturated rings. The molecular weight excluding hydrogens is 244 g/mol. The molecule has 6 heteroatoms. The maximum Gasteiger partial charge on any atom is 0.318 e. The van der Waals surface area contributed by atoms with E-state index in [2.05, 4.69) is 34.3 Å². The normalized spacial score (nSPS) is 27.0. The van der Waals surface area contributed by atoms with Crippen molar-refractivity contribution in [3.05, 3.63) is 5.89 Å². The Labute approximate surface area is 113 Å². The molecule has 3 rings (SSSR count). The first kappa shape index (κ1) is 12.9. The van der Waals surface area contributed by atoms with Crippen LogP contribution in [0.1, 0.15) is 39.0 Å². The number of anilines is 1. The molecule has 2 atom stereocenters. The molecule has 1 aromatic heterocycles. The Morgan fingerprint density at radius 3 is 3.11 bits per heavy atom. The maximum atomic E-state index is 5.80. The van der Waals surface area contributed by atoms with Crippen LogP contribution in [0, 0.1) is 0 Å². The molecule has 1 aromatic rings. The van der Waals surface area contributed by atoms with Crippen LogP contribution in [0.25, 0.3) is 0 Å². The third-order valence-corrected chi connectivity index (χ3v) is 3.85. The van der Waals surface area contributed by atoms with Gasteiger partial charge in [-0.15, -0.1) is 5.10 Å². The number of rotatable bonds is 4. The minimum atomic E-state index is 0.345. The van der Waals surface area contributed by atoms with Crippen molar-refractivity contribution in [2.24, 2.45) is 0 Å². The molecule has 6 nitrogen and oxygen atoms in total. The molecule has 19 heavy (non-hydrogen) atoms. The predicted molar refractivity (Wildman–Crippen MR) is 71.0 cm³/mol. The zero-order valence-electron chi connectivity index (χ0n) is 11.6. The van der Waals surface area contributed by atoms with Crippen LogP contribution in [0.15, 0.2) is 4.42 Å². The van der Waals surface area contributed by atoms with Crippen molar-refractivity contribution >= 4 is 6.01 Å². The van der Waals surface area contributed by atoms with Crippen LogP contribution in [0.3, 0.4) is 0 Å². The van der Waals surface area contributed by atoms with Crippen molar-refractivity contribution in [2.45, 2.75) is 57.8 Å². The van der Waals surface area contributed by atoms with E-state index in [0.29, 0.717) is 36.6 Å². The molecule has 1 N–H and O–H groups in total. The van der Waals surface area contributed by atoms with Gasteiger partial charge in [0, 0.05) is 12.6 Å². The zero-order valence-corrected chi connectivity index (χ0v) is 11.6. The first-order valence-electron chi connectivity index (χ1n) is 7.18. The number of fused-ring (bicyclic) bond motifs is 1. The van der Waals surface area contributed by atoms with Gasteiger partial charge < -0.3 is 19.4 Å². The summed E-state index contributed by atoms with van der Waals surface area (Å²) >= 11 is 0. The molecule has 0 aromatic carbocycles. The van der Waals surface area contributed by atoms with Gasteiger partial charge in [-0.1, -0.05) is 18.9 Å². The van der Waals surface area contributed by atoms with E-state index in [1.165, 1.54) is 6.42 Å². The van der Waals surface area contributed by atoms with E-state index in [0.717, 1.165) is 26.0 Å². The van der Waals surface area contributed by atoms with Crippen LogP contribution >= 0.6 is 0 Å². The third kappa shape index (κ3) is 2.74. The molecule has 2 heterocycles. The summed E-state index contributed by atoms with van der Waals surface area (Å²) in [5.74, 6) is 0.657. The van der Waals surface area contributed by atoms with Crippen molar-refractivity contribution < 1.29 is 9.15 Å². The Hall–Kier alpha value is -1.14. The SMILES string of the molecule is CC(C)NCc1nnc(N2CCOC3CCCC32)o1. The van der Waals surface area contributed by atoms with Crippen LogP contribution in [-0.4, -0.2) is 41.5 Å². The Kier molecular flexibility index (Phi) is 3.70. The van der Waals surface area contributed by atoms with E-state index in [1.54, 1.807) is 0 Å². The van der Waals surface area contributed by atoms with Crippen molar-refractivity contribution in [2.75, 3.05) is 18.1 Å². The van der Waals surface area contributed by atoms with E-state index >= 15 is 0 Å². The molecule has 0 bridgehead atoms. The van der Waals surface area contributed by atoms with Gasteiger partial charge in [-0.2, -0.15) is 0 Å². The quantitative estimate of drug-likeness (QED) is 0.887. The largest absolute Gasteiger partial charge is 0.407 e. The molecule has 0 spiro atoms. The number of hydrogen-bond acceptors (Lipinski definition) is 6. The van der Waals surface area contributed by atoms with Crippen LogP contribution in [0.2, 0.25) is 0 Å². The van der Waals surface area contributed by atoms with Crippen LogP contribution in [0.4, 0.5) is 6.01 Å². The molecule has 2 unspecified atom stereocenters. The first-order valence-corrected chi connectivity index (χ1v) is 7.18. The highest BCUT2D eigenvalue weighted by atomic mass is 16.5. The van der Waals surface area contributed by atoms with Crippen LogP contribution < -0.4 is 10.2 Å². The van der Waals surface area contributed by atoms with Gasteiger partial charge in [-0.3, -0.25) is 0 Å². The number of ether oxygens (including phenoxy) is 1. The minimum absolute atomic E-state index is 0.345. The van der Waals surface area contributed by atoms with Crippen molar-refractivity contribution in [3.63, 3.8) is 0 Å². The van der Waals surface area contributed by atoms with Crippen molar-refractivity contribution in [3.8, 4) is 0 Å². The summed E-state index contributed by atoms with van der Waals surface area (Å²) in [5.41, 5.74) is 0. The number of nitrogens with one attached hydrogen (secondary N) is 1. The fraction of sp³-hybridized carbons (Fsp3) is 0.846. The summed E-state index contributed by atoms with van der Waals surface area (Å²) in [7, 11) is 0. The fourth-order valence-electron chi connectivity index (χ4n) is 2.89. The zero-order chi connectivity index (χ0) is 13.2. The summed E-state index contributed by atoms with van der Waals surface area (Å²) in [5, 5.41) is 11.6. The lowest BCUT2D eigenvalue weighted by molar-refractivity contribution is 0.0235. The van der Waals surface area contributed by atoms with Crippen LogP contribution in [-0.2, 0) is 11.3 Å². The van der Waals surface area contributed by atoms with E-state index in [4.69, 9.17) is 9.15 Å². The van der Waals surface area contributed by atoms with Gasteiger partial charge in [0.1, 0.15) is 0 Å². The second-order valence-electron chi connectivity index (χ2n) is 5.61. The molecule has 1 saturated heterocycles. The highest BCUT2D eigenvalue weighted by molar-refractivity contribution is 5.29. The first-order chi connectivity index (χ1) is 9.24. The lowest BCUT2D eigenvalue weighted by Crippen LogP contribution is -2.48. The minimum Gasteiger partial charge on any atom is -0.407 e. The topological polar surface area (TPSA) is 63.4 Å². The predicted octanol–water partition coefficient (Wildman–Crippen LogP) is 1.33. The van der Waals surface area contributed by atoms with Gasteiger partial charge in [0.25, 0.3) is 0 Å². The maximum absolute atomic E-state index is 5.80. The molecule has 1 aliphatic heterocycles. The van der Waals surface area contributed by atoms with Crippen LogP contribution in [0.5, 0.6) is 0 Å². The van der Waals surface area contributed by atoms with E-state index in [9.17, 15) is 0 Å². The number of hydrogen-bond donors (Lipinski definition) is 1. The summed E-state index contributed by atoms with van der Waals surface area (Å²) in [4.78, 5) is 2.23. The average Bonchev–Trinajstić information content (AvgIpc) is 3.04. The Balaban J connectivity index is 1.67. The van der Waals surface area contributed by atoms with E-state index in [-0.39, 0.29) is 0 Å². The molecule has 106 valence electrons. The third-order valence-electron chi connectivity index (χ3n) is 3.85. The lowest BCUT2D eigenvalue weighted by atomic mass is 10.1. The van der Waals surface area contributed by atoms with E-state index in [1.807, 2.05) is 0 Å². The average molecular weight is 266 g/mol. The van der Waals surface area contributed by atoms with Gasteiger partial charge >= 0.3 is 6.01 Å². The fourth-order valence-corrected chi connectivity index (χ4v) is 2.89. The van der Waals surface area contributed by atoms with Gasteiger partial charge in [0.2, 0.25) is 5.89 Å². The Bertz CT molecular complexity index is 421. The molecule has 1 saturated carbocycles. The van der Waals surface area contributed by atoms with Gasteiger partial charge in [0.05, 0.1) is 25.3 Å². The smallest absolute Gasteiger partial charge is 0.318 e. The summed E-state index contributed by atoms with van der Waals surface area (Å²) < 4.78 is 11.6. The Morgan fingerprint density at radius 2 is 2.26 bits per heavy atom. The van der Waals surface area contributed by atoms with Gasteiger partial charge in [0.15, 0.2) is 0 Å². The monoisotopic (exact) mass is 266 g/mol. The highest BCUT2D eigenvalue weighted by Crippen LogP contribution is 2.32. The highest BCUT2D eigenvalue weighted by Gasteiger charge is 2.38. The van der Waals surface area contributed by atoms with Gasteiger partial charge in [-0.25, -0.2) is 0 Å².